The van der Waals surface area contributed by atoms with E-state index in [1.165, 1.54) is 4.90 Å². The molecule has 19 heavy (non-hydrogen) atoms. The Morgan fingerprint density at radius 1 is 1.53 bits per heavy atom. The molecule has 1 aliphatic rings. The fraction of sp³-hybridized carbons (Fsp3) is 0.769. The van der Waals surface area contributed by atoms with Gasteiger partial charge in [0.2, 0.25) is 5.91 Å². The zero-order chi connectivity index (χ0) is 14.6. The van der Waals surface area contributed by atoms with Crippen LogP contribution in [-0.2, 0) is 14.6 Å². The number of sulfone groups is 1. The highest BCUT2D eigenvalue weighted by Crippen LogP contribution is 2.19. The molecule has 0 aromatic carbocycles. The zero-order valence-electron chi connectivity index (χ0n) is 11.5. The van der Waals surface area contributed by atoms with E-state index in [9.17, 15) is 13.2 Å². The molecule has 2 atom stereocenters. The van der Waals surface area contributed by atoms with E-state index in [1.807, 2.05) is 13.8 Å². The monoisotopic (exact) mass is 286 g/mol. The number of rotatable bonds is 5. The summed E-state index contributed by atoms with van der Waals surface area (Å²) in [6, 6.07) is -0.941. The summed E-state index contributed by atoms with van der Waals surface area (Å²) in [6.07, 6.45) is 6.29. The largest absolute Gasteiger partial charge is 0.326 e. The highest BCUT2D eigenvalue weighted by molar-refractivity contribution is 7.91. The second kappa shape index (κ2) is 6.40. The quantitative estimate of drug-likeness (QED) is 0.722. The Labute approximate surface area is 115 Å². The lowest BCUT2D eigenvalue weighted by molar-refractivity contribution is -0.134. The van der Waals surface area contributed by atoms with Crippen LogP contribution in [0.2, 0.25) is 0 Å². The molecule has 1 aliphatic heterocycles. The lowest BCUT2D eigenvalue weighted by Crippen LogP contribution is -2.49. The normalized spacial score (nSPS) is 23.0. The van der Waals surface area contributed by atoms with E-state index in [2.05, 4.69) is 5.92 Å². The maximum atomic E-state index is 12.3. The summed E-state index contributed by atoms with van der Waals surface area (Å²) in [5.41, 5.74) is 5.88. The van der Waals surface area contributed by atoms with Gasteiger partial charge in [-0.25, -0.2) is 8.42 Å². The summed E-state index contributed by atoms with van der Waals surface area (Å²) >= 11 is 0. The molecule has 1 heterocycles. The summed E-state index contributed by atoms with van der Waals surface area (Å²) < 4.78 is 23.0. The van der Waals surface area contributed by atoms with Crippen molar-refractivity contribution in [2.24, 2.45) is 11.7 Å². The van der Waals surface area contributed by atoms with Gasteiger partial charge in [-0.05, 0) is 18.8 Å². The van der Waals surface area contributed by atoms with E-state index >= 15 is 0 Å². The SMILES string of the molecule is C#CCN(C(=O)C(N)CC(C)C)C1CCS(=O)(=O)C1. The summed E-state index contributed by atoms with van der Waals surface area (Å²) in [4.78, 5) is 13.7. The molecule has 0 spiro atoms. The first-order valence-corrected chi connectivity index (χ1v) is 8.29. The van der Waals surface area contributed by atoms with E-state index in [-0.39, 0.29) is 30.0 Å². The van der Waals surface area contributed by atoms with Gasteiger partial charge in [0.1, 0.15) is 0 Å². The molecule has 1 amide bonds. The van der Waals surface area contributed by atoms with Crippen LogP contribution in [0.3, 0.4) is 0 Å². The van der Waals surface area contributed by atoms with Gasteiger partial charge >= 0.3 is 0 Å². The Morgan fingerprint density at radius 3 is 2.58 bits per heavy atom. The Bertz CT molecular complexity index is 465. The number of carbonyl (C=O) groups is 1. The van der Waals surface area contributed by atoms with Crippen LogP contribution in [-0.4, -0.2) is 49.4 Å². The van der Waals surface area contributed by atoms with Crippen molar-refractivity contribution in [1.29, 1.82) is 0 Å². The standard InChI is InChI=1S/C13H22N2O3S/c1-4-6-15(11-5-7-19(17,18)9-11)13(16)12(14)8-10(2)3/h1,10-12H,5-9,14H2,2-3H3. The molecule has 1 saturated heterocycles. The minimum atomic E-state index is -3.04. The Kier molecular flexibility index (Phi) is 5.39. The number of nitrogens with zero attached hydrogens (tertiary/aromatic N) is 1. The van der Waals surface area contributed by atoms with Crippen molar-refractivity contribution in [2.45, 2.75) is 38.8 Å². The molecule has 0 saturated carbocycles. The van der Waals surface area contributed by atoms with E-state index < -0.39 is 15.9 Å². The van der Waals surface area contributed by atoms with Gasteiger partial charge in [-0.2, -0.15) is 0 Å². The van der Waals surface area contributed by atoms with Crippen molar-refractivity contribution in [1.82, 2.24) is 4.90 Å². The number of hydrogen-bond acceptors (Lipinski definition) is 4. The van der Waals surface area contributed by atoms with Crippen LogP contribution in [0.15, 0.2) is 0 Å². The molecular weight excluding hydrogens is 264 g/mol. The molecule has 0 aliphatic carbocycles. The van der Waals surface area contributed by atoms with E-state index in [0.717, 1.165) is 0 Å². The summed E-state index contributed by atoms with van der Waals surface area (Å²) in [7, 11) is -3.04. The minimum Gasteiger partial charge on any atom is -0.326 e. The van der Waals surface area contributed by atoms with Crippen LogP contribution in [0.1, 0.15) is 26.7 Å². The molecule has 1 fully saturated rings. The van der Waals surface area contributed by atoms with Crippen molar-refractivity contribution in [3.05, 3.63) is 0 Å². The second-order valence-corrected chi connectivity index (χ2v) is 7.69. The zero-order valence-corrected chi connectivity index (χ0v) is 12.3. The van der Waals surface area contributed by atoms with Crippen molar-refractivity contribution in [3.63, 3.8) is 0 Å². The predicted octanol–water partition coefficient (Wildman–Crippen LogP) is 0.00870. The molecule has 0 aromatic heterocycles. The highest BCUT2D eigenvalue weighted by Gasteiger charge is 2.35. The molecule has 6 heteroatoms. The summed E-state index contributed by atoms with van der Waals surface area (Å²) in [5.74, 6) is 2.59. The van der Waals surface area contributed by atoms with Crippen LogP contribution in [0.4, 0.5) is 0 Å². The predicted molar refractivity (Wildman–Crippen MR) is 75.0 cm³/mol. The molecule has 0 radical (unpaired) electrons. The molecule has 108 valence electrons. The van der Waals surface area contributed by atoms with Gasteiger partial charge in [-0.3, -0.25) is 4.79 Å². The van der Waals surface area contributed by atoms with Gasteiger partial charge in [0.25, 0.3) is 0 Å². The third-order valence-electron chi connectivity index (χ3n) is 3.24. The molecule has 2 N–H and O–H groups in total. The molecule has 1 rings (SSSR count). The first-order valence-electron chi connectivity index (χ1n) is 6.46. The van der Waals surface area contributed by atoms with Gasteiger partial charge in [-0.1, -0.05) is 19.8 Å². The minimum absolute atomic E-state index is 0.00514. The van der Waals surface area contributed by atoms with Crippen LogP contribution >= 0.6 is 0 Å². The number of carbonyl (C=O) groups excluding carboxylic acids is 1. The molecule has 0 aromatic rings. The van der Waals surface area contributed by atoms with Gasteiger partial charge in [0.05, 0.1) is 24.1 Å². The average molecular weight is 286 g/mol. The Morgan fingerprint density at radius 2 is 2.16 bits per heavy atom. The third-order valence-corrected chi connectivity index (χ3v) is 4.99. The number of nitrogens with two attached hydrogens (primary N) is 1. The van der Waals surface area contributed by atoms with Crippen molar-refractivity contribution in [3.8, 4) is 12.3 Å². The van der Waals surface area contributed by atoms with Crippen molar-refractivity contribution >= 4 is 15.7 Å². The van der Waals surface area contributed by atoms with E-state index in [4.69, 9.17) is 12.2 Å². The van der Waals surface area contributed by atoms with Crippen LogP contribution in [0, 0.1) is 18.3 Å². The van der Waals surface area contributed by atoms with Crippen LogP contribution < -0.4 is 5.73 Å². The van der Waals surface area contributed by atoms with Gasteiger partial charge in [0, 0.05) is 6.04 Å². The fourth-order valence-electron chi connectivity index (χ4n) is 2.33. The Hall–Kier alpha value is -1.06. The fourth-order valence-corrected chi connectivity index (χ4v) is 4.06. The molecular formula is C13H22N2O3S. The van der Waals surface area contributed by atoms with Gasteiger partial charge in [-0.15, -0.1) is 6.42 Å². The van der Waals surface area contributed by atoms with Crippen LogP contribution in [0.5, 0.6) is 0 Å². The van der Waals surface area contributed by atoms with Gasteiger partial charge in [0.15, 0.2) is 9.84 Å². The summed E-state index contributed by atoms with van der Waals surface area (Å²) in [6.45, 7) is 4.09. The number of terminal acetylenes is 1. The van der Waals surface area contributed by atoms with Crippen molar-refractivity contribution in [2.75, 3.05) is 18.1 Å². The second-order valence-electron chi connectivity index (χ2n) is 5.46. The topological polar surface area (TPSA) is 80.5 Å². The smallest absolute Gasteiger partial charge is 0.240 e. The molecule has 0 bridgehead atoms. The summed E-state index contributed by atoms with van der Waals surface area (Å²) in [5, 5.41) is 0. The molecule has 2 unspecified atom stereocenters. The lowest BCUT2D eigenvalue weighted by atomic mass is 10.0. The first kappa shape index (κ1) is 16.0. The third kappa shape index (κ3) is 4.51. The number of hydrogen-bond donors (Lipinski definition) is 1. The van der Waals surface area contributed by atoms with E-state index in [1.54, 1.807) is 0 Å². The maximum Gasteiger partial charge on any atom is 0.240 e. The number of amides is 1. The van der Waals surface area contributed by atoms with Gasteiger partial charge < -0.3 is 10.6 Å². The maximum absolute atomic E-state index is 12.3. The van der Waals surface area contributed by atoms with E-state index in [0.29, 0.717) is 18.8 Å². The first-order chi connectivity index (χ1) is 8.76. The lowest BCUT2D eigenvalue weighted by Gasteiger charge is -2.29. The van der Waals surface area contributed by atoms with Crippen molar-refractivity contribution < 1.29 is 13.2 Å². The average Bonchev–Trinajstić information content (AvgIpc) is 2.64. The van der Waals surface area contributed by atoms with Crippen LogP contribution in [0.25, 0.3) is 0 Å². The Balaban J connectivity index is 2.78. The molecule has 5 nitrogen and oxygen atoms in total. The highest BCUT2D eigenvalue weighted by atomic mass is 32.2.